The monoisotopic (exact) mass is 218 g/mol. The van der Waals surface area contributed by atoms with Gasteiger partial charge in [0.25, 0.3) is 0 Å². The molecule has 0 aliphatic rings. The first kappa shape index (κ1) is 9.80. The molecular formula is C11H7ClN2O. The van der Waals surface area contributed by atoms with E-state index in [0.717, 1.165) is 11.1 Å². The van der Waals surface area contributed by atoms with Crippen LogP contribution in [0.2, 0.25) is 5.15 Å². The van der Waals surface area contributed by atoms with Gasteiger partial charge in [-0.2, -0.15) is 0 Å². The van der Waals surface area contributed by atoms with E-state index in [1.165, 1.54) is 0 Å². The normalized spacial score (nSPS) is 9.93. The Labute approximate surface area is 91.8 Å². The van der Waals surface area contributed by atoms with Crippen LogP contribution in [0.5, 0.6) is 0 Å². The van der Waals surface area contributed by atoms with Crippen molar-refractivity contribution in [2.45, 2.75) is 0 Å². The molecule has 0 bridgehead atoms. The van der Waals surface area contributed by atoms with Crippen molar-refractivity contribution in [1.82, 2.24) is 9.97 Å². The van der Waals surface area contributed by atoms with Crippen molar-refractivity contribution in [2.75, 3.05) is 0 Å². The zero-order chi connectivity index (χ0) is 10.7. The highest BCUT2D eigenvalue weighted by molar-refractivity contribution is 6.31. The molecule has 0 atom stereocenters. The van der Waals surface area contributed by atoms with Crippen molar-refractivity contribution in [3.63, 3.8) is 0 Å². The molecule has 74 valence electrons. The van der Waals surface area contributed by atoms with E-state index in [-0.39, 0.29) is 5.15 Å². The van der Waals surface area contributed by atoms with Gasteiger partial charge in [0.15, 0.2) is 6.29 Å². The highest BCUT2D eigenvalue weighted by Gasteiger charge is 2.03. The van der Waals surface area contributed by atoms with Crippen LogP contribution in [-0.4, -0.2) is 16.3 Å². The standard InChI is InChI=1S/C11H7ClN2O/c12-11-10(7-15)5-9(6-14-11)8-1-3-13-4-2-8/h1-7H. The number of rotatable bonds is 2. The van der Waals surface area contributed by atoms with Crippen LogP contribution >= 0.6 is 11.6 Å². The molecule has 2 aromatic heterocycles. The Bertz CT molecular complexity index is 485. The minimum Gasteiger partial charge on any atom is -0.298 e. The van der Waals surface area contributed by atoms with Gasteiger partial charge >= 0.3 is 0 Å². The molecule has 0 unspecified atom stereocenters. The van der Waals surface area contributed by atoms with Crippen LogP contribution in [0.1, 0.15) is 10.4 Å². The molecule has 0 fully saturated rings. The number of halogens is 1. The first-order chi connectivity index (χ1) is 7.31. The minimum absolute atomic E-state index is 0.225. The molecule has 0 aliphatic heterocycles. The van der Waals surface area contributed by atoms with Crippen molar-refractivity contribution in [2.24, 2.45) is 0 Å². The molecule has 0 aromatic carbocycles. The summed E-state index contributed by atoms with van der Waals surface area (Å²) in [4.78, 5) is 18.5. The Morgan fingerprint density at radius 1 is 1.20 bits per heavy atom. The van der Waals surface area contributed by atoms with Gasteiger partial charge in [-0.25, -0.2) is 4.98 Å². The van der Waals surface area contributed by atoms with Crippen molar-refractivity contribution in [3.8, 4) is 11.1 Å². The second kappa shape index (κ2) is 4.19. The van der Waals surface area contributed by atoms with E-state index < -0.39 is 0 Å². The van der Waals surface area contributed by atoms with Crippen molar-refractivity contribution in [3.05, 3.63) is 47.5 Å². The number of aromatic nitrogens is 2. The Morgan fingerprint density at radius 2 is 1.93 bits per heavy atom. The maximum absolute atomic E-state index is 10.7. The molecule has 0 saturated carbocycles. The first-order valence-corrected chi connectivity index (χ1v) is 4.70. The lowest BCUT2D eigenvalue weighted by Gasteiger charge is -2.02. The zero-order valence-corrected chi connectivity index (χ0v) is 8.48. The van der Waals surface area contributed by atoms with Crippen LogP contribution in [-0.2, 0) is 0 Å². The molecule has 0 saturated heterocycles. The zero-order valence-electron chi connectivity index (χ0n) is 7.72. The Kier molecular flexibility index (Phi) is 2.74. The first-order valence-electron chi connectivity index (χ1n) is 4.32. The molecule has 2 rings (SSSR count). The smallest absolute Gasteiger partial charge is 0.153 e. The molecule has 0 amide bonds. The third-order valence-electron chi connectivity index (χ3n) is 2.01. The van der Waals surface area contributed by atoms with Gasteiger partial charge in [0, 0.05) is 24.2 Å². The number of pyridine rings is 2. The number of hydrogen-bond acceptors (Lipinski definition) is 3. The molecule has 0 N–H and O–H groups in total. The predicted molar refractivity (Wildman–Crippen MR) is 57.9 cm³/mol. The van der Waals surface area contributed by atoms with E-state index in [1.54, 1.807) is 24.7 Å². The Balaban J connectivity index is 2.51. The van der Waals surface area contributed by atoms with Crippen LogP contribution in [0.25, 0.3) is 11.1 Å². The summed E-state index contributed by atoms with van der Waals surface area (Å²) in [5.41, 5.74) is 2.20. The van der Waals surface area contributed by atoms with E-state index in [4.69, 9.17) is 11.6 Å². The molecule has 2 aromatic rings. The van der Waals surface area contributed by atoms with Gasteiger partial charge in [0.1, 0.15) is 5.15 Å². The van der Waals surface area contributed by atoms with Crippen molar-refractivity contribution in [1.29, 1.82) is 0 Å². The van der Waals surface area contributed by atoms with E-state index in [2.05, 4.69) is 9.97 Å². The lowest BCUT2D eigenvalue weighted by Crippen LogP contribution is -1.88. The lowest BCUT2D eigenvalue weighted by molar-refractivity contribution is 0.112. The average molecular weight is 219 g/mol. The van der Waals surface area contributed by atoms with Gasteiger partial charge < -0.3 is 0 Å². The molecule has 15 heavy (non-hydrogen) atoms. The van der Waals surface area contributed by atoms with Gasteiger partial charge in [-0.05, 0) is 23.8 Å². The third-order valence-corrected chi connectivity index (χ3v) is 2.32. The fraction of sp³-hybridized carbons (Fsp3) is 0. The molecular weight excluding hydrogens is 212 g/mol. The van der Waals surface area contributed by atoms with Crippen LogP contribution in [0.4, 0.5) is 0 Å². The summed E-state index contributed by atoms with van der Waals surface area (Å²) in [7, 11) is 0. The summed E-state index contributed by atoms with van der Waals surface area (Å²) in [6, 6.07) is 5.40. The van der Waals surface area contributed by atoms with Crippen molar-refractivity contribution < 1.29 is 4.79 Å². The van der Waals surface area contributed by atoms with Crippen LogP contribution in [0.3, 0.4) is 0 Å². The largest absolute Gasteiger partial charge is 0.298 e. The molecule has 0 radical (unpaired) electrons. The van der Waals surface area contributed by atoms with Crippen LogP contribution < -0.4 is 0 Å². The molecule has 0 aliphatic carbocycles. The quantitative estimate of drug-likeness (QED) is 0.575. The lowest BCUT2D eigenvalue weighted by atomic mass is 10.1. The van der Waals surface area contributed by atoms with Gasteiger partial charge in [0.05, 0.1) is 5.56 Å². The topological polar surface area (TPSA) is 42.9 Å². The fourth-order valence-corrected chi connectivity index (χ4v) is 1.40. The summed E-state index contributed by atoms with van der Waals surface area (Å²) in [6.45, 7) is 0. The summed E-state index contributed by atoms with van der Waals surface area (Å²) >= 11 is 5.73. The second-order valence-corrected chi connectivity index (χ2v) is 3.32. The molecule has 3 nitrogen and oxygen atoms in total. The summed E-state index contributed by atoms with van der Waals surface area (Å²) in [5.74, 6) is 0. The van der Waals surface area contributed by atoms with Gasteiger partial charge in [0.2, 0.25) is 0 Å². The highest BCUT2D eigenvalue weighted by Crippen LogP contribution is 2.21. The number of carbonyl (C=O) groups is 1. The Morgan fingerprint density at radius 3 is 2.60 bits per heavy atom. The van der Waals surface area contributed by atoms with E-state index >= 15 is 0 Å². The van der Waals surface area contributed by atoms with Gasteiger partial charge in [-0.15, -0.1) is 0 Å². The summed E-state index contributed by atoms with van der Waals surface area (Å²) in [6.07, 6.45) is 5.69. The number of carbonyl (C=O) groups excluding carboxylic acids is 1. The molecule has 2 heterocycles. The van der Waals surface area contributed by atoms with E-state index in [0.29, 0.717) is 11.8 Å². The predicted octanol–water partition coefficient (Wildman–Crippen LogP) is 2.61. The highest BCUT2D eigenvalue weighted by atomic mass is 35.5. The number of aldehydes is 1. The molecule has 0 spiro atoms. The SMILES string of the molecule is O=Cc1cc(-c2ccncc2)cnc1Cl. The molecule has 4 heteroatoms. The van der Waals surface area contributed by atoms with E-state index in [1.807, 2.05) is 12.1 Å². The van der Waals surface area contributed by atoms with Crippen molar-refractivity contribution >= 4 is 17.9 Å². The fourth-order valence-electron chi connectivity index (χ4n) is 1.25. The van der Waals surface area contributed by atoms with Gasteiger partial charge in [-0.3, -0.25) is 9.78 Å². The minimum atomic E-state index is 0.225. The Hall–Kier alpha value is -1.74. The summed E-state index contributed by atoms with van der Waals surface area (Å²) in [5, 5.41) is 0.225. The number of nitrogens with zero attached hydrogens (tertiary/aromatic N) is 2. The van der Waals surface area contributed by atoms with Crippen LogP contribution in [0, 0.1) is 0 Å². The maximum atomic E-state index is 10.7. The summed E-state index contributed by atoms with van der Waals surface area (Å²) < 4.78 is 0. The average Bonchev–Trinajstić information content (AvgIpc) is 2.31. The number of hydrogen-bond donors (Lipinski definition) is 0. The van der Waals surface area contributed by atoms with Crippen LogP contribution in [0.15, 0.2) is 36.8 Å². The third kappa shape index (κ3) is 2.02. The second-order valence-electron chi connectivity index (χ2n) is 2.96. The van der Waals surface area contributed by atoms with Gasteiger partial charge in [-0.1, -0.05) is 11.6 Å². The van der Waals surface area contributed by atoms with E-state index in [9.17, 15) is 4.79 Å². The maximum Gasteiger partial charge on any atom is 0.153 e.